The van der Waals surface area contributed by atoms with Crippen molar-refractivity contribution in [1.29, 1.82) is 0 Å². The van der Waals surface area contributed by atoms with Gasteiger partial charge in [-0.05, 0) is 41.5 Å². The Bertz CT molecular complexity index is 302. The van der Waals surface area contributed by atoms with Crippen LogP contribution in [0.2, 0.25) is 0 Å². The molecule has 0 saturated carbocycles. The fraction of sp³-hybridized carbons (Fsp3) is 0.727. The van der Waals surface area contributed by atoms with Crippen LogP contribution in [0.5, 0.6) is 5.75 Å². The molecule has 14 heavy (non-hydrogen) atoms. The molecule has 3 nitrogen and oxygen atoms in total. The van der Waals surface area contributed by atoms with E-state index in [0.717, 1.165) is 5.75 Å². The minimum Gasteiger partial charge on any atom is -0.485 e. The molecule has 0 radical (unpaired) electrons. The Morgan fingerprint density at radius 2 is 1.71 bits per heavy atom. The Kier molecular flexibility index (Phi) is 2.61. The molecule has 0 amide bonds. The Morgan fingerprint density at radius 1 is 1.14 bits per heavy atom. The molecule has 1 aromatic heterocycles. The summed E-state index contributed by atoms with van der Waals surface area (Å²) in [6, 6.07) is 0. The molecule has 0 saturated heterocycles. The van der Waals surface area contributed by atoms with E-state index in [1.165, 1.54) is 0 Å². The van der Waals surface area contributed by atoms with Gasteiger partial charge in [-0.1, -0.05) is 0 Å². The van der Waals surface area contributed by atoms with Crippen molar-refractivity contribution in [2.45, 2.75) is 52.7 Å². The van der Waals surface area contributed by atoms with E-state index < -0.39 is 0 Å². The summed E-state index contributed by atoms with van der Waals surface area (Å²) in [5, 5.41) is 4.26. The van der Waals surface area contributed by atoms with Crippen LogP contribution in [0.25, 0.3) is 0 Å². The minimum atomic E-state index is -0.161. The van der Waals surface area contributed by atoms with Crippen molar-refractivity contribution in [3.63, 3.8) is 0 Å². The van der Waals surface area contributed by atoms with Gasteiger partial charge in [0.15, 0.2) is 5.75 Å². The molecular weight excluding hydrogens is 176 g/mol. The molecule has 0 atom stereocenters. The van der Waals surface area contributed by atoms with Crippen molar-refractivity contribution in [3.8, 4) is 5.75 Å². The molecule has 0 aliphatic heterocycles. The third-order valence-electron chi connectivity index (χ3n) is 1.67. The number of aromatic nitrogens is 2. The molecule has 0 spiro atoms. The largest absolute Gasteiger partial charge is 0.485 e. The van der Waals surface area contributed by atoms with Gasteiger partial charge in [0.1, 0.15) is 5.60 Å². The topological polar surface area (TPSA) is 27.1 Å². The van der Waals surface area contributed by atoms with E-state index in [4.69, 9.17) is 4.74 Å². The molecule has 0 aliphatic carbocycles. The molecular formula is C11H20N2O. The van der Waals surface area contributed by atoms with Crippen molar-refractivity contribution in [1.82, 2.24) is 9.78 Å². The van der Waals surface area contributed by atoms with E-state index in [1.54, 1.807) is 6.20 Å². The highest BCUT2D eigenvalue weighted by molar-refractivity contribution is 5.13. The maximum atomic E-state index is 5.69. The van der Waals surface area contributed by atoms with Crippen LogP contribution in [-0.4, -0.2) is 15.4 Å². The summed E-state index contributed by atoms with van der Waals surface area (Å²) in [6.07, 6.45) is 3.70. The first-order valence-corrected chi connectivity index (χ1v) is 4.93. The van der Waals surface area contributed by atoms with Crippen LogP contribution in [0.15, 0.2) is 12.4 Å². The van der Waals surface area contributed by atoms with Gasteiger partial charge in [0.2, 0.25) is 0 Å². The quantitative estimate of drug-likeness (QED) is 0.690. The second-order valence-corrected chi connectivity index (χ2v) is 5.51. The van der Waals surface area contributed by atoms with Crippen LogP contribution in [0.3, 0.4) is 0 Å². The highest BCUT2D eigenvalue weighted by atomic mass is 16.5. The lowest BCUT2D eigenvalue weighted by Gasteiger charge is -2.21. The summed E-state index contributed by atoms with van der Waals surface area (Å²) in [7, 11) is 0. The van der Waals surface area contributed by atoms with Gasteiger partial charge in [-0.25, -0.2) is 0 Å². The Balaban J connectivity index is 2.79. The average Bonchev–Trinajstić information content (AvgIpc) is 2.29. The van der Waals surface area contributed by atoms with E-state index in [1.807, 2.05) is 31.6 Å². The predicted octanol–water partition coefficient (Wildman–Crippen LogP) is 2.82. The average molecular weight is 196 g/mol. The van der Waals surface area contributed by atoms with Crippen LogP contribution in [0.4, 0.5) is 0 Å². The fourth-order valence-corrected chi connectivity index (χ4v) is 1.08. The van der Waals surface area contributed by atoms with Gasteiger partial charge >= 0.3 is 0 Å². The Labute approximate surface area is 86.1 Å². The van der Waals surface area contributed by atoms with Crippen molar-refractivity contribution >= 4 is 0 Å². The van der Waals surface area contributed by atoms with Gasteiger partial charge in [0.25, 0.3) is 0 Å². The van der Waals surface area contributed by atoms with Gasteiger partial charge in [-0.2, -0.15) is 5.10 Å². The van der Waals surface area contributed by atoms with Crippen LogP contribution in [0, 0.1) is 0 Å². The zero-order valence-electron chi connectivity index (χ0n) is 9.96. The van der Waals surface area contributed by atoms with Gasteiger partial charge in [0.05, 0.1) is 17.9 Å². The van der Waals surface area contributed by atoms with E-state index >= 15 is 0 Å². The molecule has 0 bridgehead atoms. The summed E-state index contributed by atoms with van der Waals surface area (Å²) in [5.41, 5.74) is -0.148. The van der Waals surface area contributed by atoms with E-state index in [9.17, 15) is 0 Å². The fourth-order valence-electron chi connectivity index (χ4n) is 1.08. The van der Waals surface area contributed by atoms with Crippen LogP contribution in [0.1, 0.15) is 41.5 Å². The van der Waals surface area contributed by atoms with Gasteiger partial charge in [-0.3, -0.25) is 4.68 Å². The molecule has 0 aliphatic rings. The highest BCUT2D eigenvalue weighted by Crippen LogP contribution is 2.20. The lowest BCUT2D eigenvalue weighted by Crippen LogP contribution is -2.23. The first kappa shape index (κ1) is 11.1. The summed E-state index contributed by atoms with van der Waals surface area (Å²) < 4.78 is 7.60. The standard InChI is InChI=1S/C11H20N2O/c1-10(2,3)13-8-9(7-12-13)14-11(4,5)6/h7-8H,1-6H3. The van der Waals surface area contributed by atoms with Gasteiger partial charge < -0.3 is 4.74 Å². The van der Waals surface area contributed by atoms with Crippen LogP contribution >= 0.6 is 0 Å². The van der Waals surface area contributed by atoms with Crippen molar-refractivity contribution < 1.29 is 4.74 Å². The molecule has 0 N–H and O–H groups in total. The molecule has 0 aromatic carbocycles. The molecule has 80 valence electrons. The van der Waals surface area contributed by atoms with E-state index in [2.05, 4.69) is 25.9 Å². The first-order chi connectivity index (χ1) is 6.18. The normalized spacial score (nSPS) is 13.0. The van der Waals surface area contributed by atoms with Crippen molar-refractivity contribution in [2.24, 2.45) is 0 Å². The number of nitrogens with zero attached hydrogens (tertiary/aromatic N) is 2. The lowest BCUT2D eigenvalue weighted by molar-refractivity contribution is 0.130. The second-order valence-electron chi connectivity index (χ2n) is 5.51. The zero-order valence-corrected chi connectivity index (χ0v) is 9.96. The molecule has 1 heterocycles. The number of ether oxygens (including phenoxy) is 1. The number of hydrogen-bond donors (Lipinski definition) is 0. The van der Waals surface area contributed by atoms with Crippen molar-refractivity contribution in [2.75, 3.05) is 0 Å². The Hall–Kier alpha value is -0.990. The zero-order chi connectivity index (χ0) is 11.0. The maximum absolute atomic E-state index is 5.69. The minimum absolute atomic E-state index is 0.0134. The molecule has 1 rings (SSSR count). The molecule has 3 heteroatoms. The van der Waals surface area contributed by atoms with Crippen LogP contribution < -0.4 is 4.74 Å². The third-order valence-corrected chi connectivity index (χ3v) is 1.67. The number of rotatable bonds is 1. The molecule has 1 aromatic rings. The lowest BCUT2D eigenvalue weighted by atomic mass is 10.1. The van der Waals surface area contributed by atoms with E-state index in [-0.39, 0.29) is 11.1 Å². The SMILES string of the molecule is CC(C)(C)Oc1cnn(C(C)(C)C)c1. The van der Waals surface area contributed by atoms with Crippen LogP contribution in [-0.2, 0) is 5.54 Å². The molecule has 0 unspecified atom stereocenters. The summed E-state index contributed by atoms with van der Waals surface area (Å²) in [5.74, 6) is 0.826. The number of hydrogen-bond acceptors (Lipinski definition) is 2. The van der Waals surface area contributed by atoms with E-state index in [0.29, 0.717) is 0 Å². The van der Waals surface area contributed by atoms with Gasteiger partial charge in [0, 0.05) is 0 Å². The monoisotopic (exact) mass is 196 g/mol. The molecule has 0 fully saturated rings. The highest BCUT2D eigenvalue weighted by Gasteiger charge is 2.17. The van der Waals surface area contributed by atoms with Crippen molar-refractivity contribution in [3.05, 3.63) is 12.4 Å². The Morgan fingerprint density at radius 3 is 2.07 bits per heavy atom. The third kappa shape index (κ3) is 3.05. The predicted molar refractivity (Wildman–Crippen MR) is 57.6 cm³/mol. The summed E-state index contributed by atoms with van der Waals surface area (Å²) in [6.45, 7) is 12.4. The maximum Gasteiger partial charge on any atom is 0.157 e. The summed E-state index contributed by atoms with van der Waals surface area (Å²) >= 11 is 0. The smallest absolute Gasteiger partial charge is 0.157 e. The summed E-state index contributed by atoms with van der Waals surface area (Å²) in [4.78, 5) is 0. The second kappa shape index (κ2) is 3.30. The van der Waals surface area contributed by atoms with Gasteiger partial charge in [-0.15, -0.1) is 0 Å². The first-order valence-electron chi connectivity index (χ1n) is 4.93.